The van der Waals surface area contributed by atoms with E-state index in [9.17, 15) is 9.59 Å². The zero-order chi connectivity index (χ0) is 33.1. The highest BCUT2D eigenvalue weighted by atomic mass is 32.2. The zero-order valence-corrected chi connectivity index (χ0v) is 27.6. The first-order valence-electron chi connectivity index (χ1n) is 15.6. The van der Waals surface area contributed by atoms with Crippen LogP contribution in [0.15, 0.2) is 75.7 Å². The van der Waals surface area contributed by atoms with Crippen LogP contribution in [-0.2, 0) is 25.5 Å². The number of nitrogens with one attached hydrogen (secondary N) is 3. The van der Waals surface area contributed by atoms with Gasteiger partial charge in [-0.1, -0.05) is 42.8 Å². The summed E-state index contributed by atoms with van der Waals surface area (Å²) in [7, 11) is 1.63. The summed E-state index contributed by atoms with van der Waals surface area (Å²) in [6, 6.07) is 15.0. The predicted octanol–water partition coefficient (Wildman–Crippen LogP) is 4.54. The van der Waals surface area contributed by atoms with Crippen LogP contribution in [0.5, 0.6) is 0 Å². The Morgan fingerprint density at radius 3 is 2.34 bits per heavy atom. The molecule has 0 fully saturated rings. The molecule has 0 bridgehead atoms. The Morgan fingerprint density at radius 2 is 1.60 bits per heavy atom. The molecule has 3 N–H and O–H groups in total. The molecule has 0 atom stereocenters. The number of nitrogens with zero attached hydrogens (tertiary/aromatic N) is 2. The molecule has 0 saturated carbocycles. The number of aromatic nitrogens is 1. The number of benzene rings is 2. The maximum atomic E-state index is 12.3. The number of carbonyl (C=O) groups is 2. The smallest absolute Gasteiger partial charge is 0.319 e. The fraction of sp³-hybridized carbons (Fsp3) is 0.371. The number of hydrogen-bond donors (Lipinski definition) is 3. The van der Waals surface area contributed by atoms with Crippen molar-refractivity contribution in [3.8, 4) is 11.8 Å². The average molecular weight is 660 g/mol. The Labute approximate surface area is 280 Å². The van der Waals surface area contributed by atoms with Gasteiger partial charge >= 0.3 is 6.03 Å². The molecule has 1 aliphatic heterocycles. The molecule has 3 aromatic rings. The molecule has 12 heteroatoms. The predicted molar refractivity (Wildman–Crippen MR) is 182 cm³/mol. The van der Waals surface area contributed by atoms with Gasteiger partial charge < -0.3 is 34.9 Å². The SMILES string of the molecule is CCCOCCOCCOCCOCCNC(=O)Nc1cncc(C#CC2=NCc3cc(Sc4ccccc4C(=O)NC)ccc32)c1. The van der Waals surface area contributed by atoms with Crippen LogP contribution in [0.4, 0.5) is 10.5 Å². The minimum absolute atomic E-state index is 0.116. The second-order valence-electron chi connectivity index (χ2n) is 10.2. The minimum atomic E-state index is -0.363. The lowest BCUT2D eigenvalue weighted by molar-refractivity contribution is -0.00120. The van der Waals surface area contributed by atoms with E-state index in [-0.39, 0.29) is 11.9 Å². The van der Waals surface area contributed by atoms with Gasteiger partial charge in [0.2, 0.25) is 0 Å². The van der Waals surface area contributed by atoms with Crippen LogP contribution in [0.1, 0.15) is 40.4 Å². The lowest BCUT2D eigenvalue weighted by Crippen LogP contribution is -2.31. The van der Waals surface area contributed by atoms with Crippen molar-refractivity contribution in [2.24, 2.45) is 4.99 Å². The van der Waals surface area contributed by atoms with Crippen LogP contribution in [0.3, 0.4) is 0 Å². The monoisotopic (exact) mass is 659 g/mol. The quantitative estimate of drug-likeness (QED) is 0.134. The molecule has 47 heavy (non-hydrogen) atoms. The van der Waals surface area contributed by atoms with Gasteiger partial charge in [0.25, 0.3) is 5.91 Å². The van der Waals surface area contributed by atoms with Crippen molar-refractivity contribution in [1.29, 1.82) is 0 Å². The van der Waals surface area contributed by atoms with E-state index in [1.807, 2.05) is 36.4 Å². The Balaban J connectivity index is 1.16. The van der Waals surface area contributed by atoms with Crippen molar-refractivity contribution in [1.82, 2.24) is 15.6 Å². The van der Waals surface area contributed by atoms with Crippen molar-refractivity contribution >= 4 is 35.1 Å². The van der Waals surface area contributed by atoms with Crippen LogP contribution < -0.4 is 16.0 Å². The molecular formula is C35H41N5O6S. The van der Waals surface area contributed by atoms with Gasteiger partial charge in [-0.25, -0.2) is 4.79 Å². The van der Waals surface area contributed by atoms with E-state index in [4.69, 9.17) is 18.9 Å². The summed E-state index contributed by atoms with van der Waals surface area (Å²) < 4.78 is 21.7. The summed E-state index contributed by atoms with van der Waals surface area (Å²) in [6.45, 7) is 7.12. The van der Waals surface area contributed by atoms with Crippen LogP contribution in [0.25, 0.3) is 0 Å². The van der Waals surface area contributed by atoms with Gasteiger partial charge in [0.05, 0.1) is 70.2 Å². The number of carbonyl (C=O) groups excluding carboxylic acids is 2. The first-order chi connectivity index (χ1) is 23.1. The molecule has 4 rings (SSSR count). The van der Waals surface area contributed by atoms with Crippen molar-refractivity contribution in [3.63, 3.8) is 0 Å². The van der Waals surface area contributed by atoms with Crippen LogP contribution in [-0.4, -0.2) is 89.1 Å². The largest absolute Gasteiger partial charge is 0.379 e. The summed E-state index contributed by atoms with van der Waals surface area (Å²) in [5, 5.41) is 8.22. The number of ether oxygens (including phenoxy) is 4. The molecule has 248 valence electrons. The van der Waals surface area contributed by atoms with Gasteiger partial charge in [0.1, 0.15) is 5.71 Å². The third-order valence-corrected chi connectivity index (χ3v) is 7.71. The zero-order valence-electron chi connectivity index (χ0n) is 26.8. The Bertz CT molecular complexity index is 1570. The first kappa shape index (κ1) is 35.6. The second kappa shape index (κ2) is 20.1. The summed E-state index contributed by atoms with van der Waals surface area (Å²) in [5.74, 6) is 6.14. The van der Waals surface area contributed by atoms with Crippen LogP contribution >= 0.6 is 11.8 Å². The molecule has 1 aromatic heterocycles. The number of rotatable bonds is 18. The maximum Gasteiger partial charge on any atom is 0.319 e. The molecule has 2 heterocycles. The molecule has 0 saturated heterocycles. The van der Waals surface area contributed by atoms with Gasteiger partial charge in [-0.05, 0) is 48.2 Å². The van der Waals surface area contributed by atoms with Gasteiger partial charge in [0.15, 0.2) is 0 Å². The number of fused-ring (bicyclic) bond motifs is 1. The van der Waals surface area contributed by atoms with E-state index >= 15 is 0 Å². The van der Waals surface area contributed by atoms with Gasteiger partial charge in [-0.3, -0.25) is 14.8 Å². The average Bonchev–Trinajstić information content (AvgIpc) is 3.49. The van der Waals surface area contributed by atoms with Crippen molar-refractivity contribution < 1.29 is 28.5 Å². The lowest BCUT2D eigenvalue weighted by Gasteiger charge is -2.09. The minimum Gasteiger partial charge on any atom is -0.379 e. The van der Waals surface area contributed by atoms with Crippen molar-refractivity contribution in [2.75, 3.05) is 71.8 Å². The van der Waals surface area contributed by atoms with E-state index in [2.05, 4.69) is 50.8 Å². The molecule has 0 aliphatic carbocycles. The van der Waals surface area contributed by atoms with E-state index in [0.717, 1.165) is 33.9 Å². The lowest BCUT2D eigenvalue weighted by atomic mass is 10.1. The maximum absolute atomic E-state index is 12.3. The molecule has 3 amide bonds. The van der Waals surface area contributed by atoms with Gasteiger partial charge in [-0.15, -0.1) is 0 Å². The van der Waals surface area contributed by atoms with Crippen LogP contribution in [0, 0.1) is 11.8 Å². The number of pyridine rings is 1. The summed E-state index contributed by atoms with van der Waals surface area (Å²) >= 11 is 1.54. The number of amides is 3. The topological polar surface area (TPSA) is 132 Å². The van der Waals surface area contributed by atoms with Crippen molar-refractivity contribution in [3.05, 3.63) is 83.2 Å². The first-order valence-corrected chi connectivity index (χ1v) is 16.4. The number of urea groups is 1. The highest BCUT2D eigenvalue weighted by Gasteiger charge is 2.16. The van der Waals surface area contributed by atoms with E-state index in [1.54, 1.807) is 37.3 Å². The fourth-order valence-electron chi connectivity index (χ4n) is 4.38. The third kappa shape index (κ3) is 12.1. The summed E-state index contributed by atoms with van der Waals surface area (Å²) in [6.07, 6.45) is 4.20. The molecular weight excluding hydrogens is 618 g/mol. The molecule has 0 spiro atoms. The third-order valence-electron chi connectivity index (χ3n) is 6.64. The summed E-state index contributed by atoms with van der Waals surface area (Å²) in [5.41, 5.74) is 4.57. The molecule has 1 aliphatic rings. The van der Waals surface area contributed by atoms with E-state index < -0.39 is 0 Å². The standard InChI is InChI=1S/C35H41N5O6S/c1-3-13-43-15-17-45-19-20-46-18-16-44-14-12-38-35(42)40-28-21-26(23-37-25-28)8-11-32-30-10-9-29(22-27(30)24-39-32)47-33-7-5-4-6-31(33)34(41)36-2/h4-7,9-10,21-23,25H,3,12-20,24H2,1-2H3,(H,36,41)(H2,38,40,42). The van der Waals surface area contributed by atoms with Gasteiger partial charge in [0, 0.05) is 47.3 Å². The number of anilines is 1. The number of hydrogen-bond acceptors (Lipinski definition) is 9. The summed E-state index contributed by atoms with van der Waals surface area (Å²) in [4.78, 5) is 35.3. The molecule has 0 unspecified atom stereocenters. The van der Waals surface area contributed by atoms with Crippen molar-refractivity contribution in [2.45, 2.75) is 29.7 Å². The normalized spacial score (nSPS) is 11.7. The Hall–Kier alpha value is -4.25. The fourth-order valence-corrected chi connectivity index (χ4v) is 5.39. The van der Waals surface area contributed by atoms with Crippen LogP contribution in [0.2, 0.25) is 0 Å². The highest BCUT2D eigenvalue weighted by Crippen LogP contribution is 2.33. The van der Waals surface area contributed by atoms with Gasteiger partial charge in [-0.2, -0.15) is 0 Å². The van der Waals surface area contributed by atoms with E-state index in [1.165, 1.54) is 0 Å². The Kier molecular flexibility index (Phi) is 15.2. The number of aliphatic imine (C=N–C) groups is 1. The molecule has 11 nitrogen and oxygen atoms in total. The molecule has 2 aromatic carbocycles. The second-order valence-corrected chi connectivity index (χ2v) is 11.3. The molecule has 0 radical (unpaired) electrons. The highest BCUT2D eigenvalue weighted by molar-refractivity contribution is 7.99. The Morgan fingerprint density at radius 1 is 0.872 bits per heavy atom. The van der Waals surface area contributed by atoms with E-state index in [0.29, 0.717) is 81.9 Å².